The van der Waals surface area contributed by atoms with Gasteiger partial charge < -0.3 is 9.47 Å². The van der Waals surface area contributed by atoms with Crippen LogP contribution in [0.4, 0.5) is 4.39 Å². The minimum Gasteiger partial charge on any atom is -0.493 e. The first-order chi connectivity index (χ1) is 9.97. The molecule has 2 aromatic carbocycles. The van der Waals surface area contributed by atoms with Crippen molar-refractivity contribution in [3.8, 4) is 11.5 Å². The molecule has 0 aliphatic rings. The molecule has 2 aromatic rings. The first-order valence-corrected chi connectivity index (χ1v) is 7.04. The predicted octanol–water partition coefficient (Wildman–Crippen LogP) is 4.79. The monoisotopic (exact) mass is 308 g/mol. The van der Waals surface area contributed by atoms with Crippen molar-refractivity contribution in [3.63, 3.8) is 0 Å². The Bertz CT molecular complexity index is 655. The van der Waals surface area contributed by atoms with Crippen LogP contribution in [0.5, 0.6) is 11.5 Å². The number of ether oxygens (including phenoxy) is 2. The highest BCUT2D eigenvalue weighted by Crippen LogP contribution is 2.38. The summed E-state index contributed by atoms with van der Waals surface area (Å²) in [5, 5.41) is -0.371. The molecule has 2 nitrogen and oxygen atoms in total. The average Bonchev–Trinajstić information content (AvgIpc) is 2.49. The second-order valence-corrected chi connectivity index (χ2v) is 5.37. The minimum atomic E-state index is -0.371. The lowest BCUT2D eigenvalue weighted by atomic mass is 9.98. The van der Waals surface area contributed by atoms with Gasteiger partial charge >= 0.3 is 0 Å². The van der Waals surface area contributed by atoms with E-state index in [9.17, 15) is 4.39 Å². The molecule has 0 heterocycles. The maximum Gasteiger partial charge on any atom is 0.161 e. The number of hydrogen-bond acceptors (Lipinski definition) is 2. The Morgan fingerprint density at radius 2 is 1.57 bits per heavy atom. The third-order valence-corrected chi connectivity index (χ3v) is 4.01. The van der Waals surface area contributed by atoms with Crippen molar-refractivity contribution in [3.05, 3.63) is 58.4 Å². The highest BCUT2D eigenvalue weighted by atomic mass is 35.5. The Labute approximate surface area is 129 Å². The molecule has 1 unspecified atom stereocenters. The fraction of sp³-hybridized carbons (Fsp3) is 0.294. The molecule has 0 bridgehead atoms. The normalized spacial score (nSPS) is 12.1. The zero-order chi connectivity index (χ0) is 15.6. The smallest absolute Gasteiger partial charge is 0.161 e. The number of rotatable bonds is 4. The van der Waals surface area contributed by atoms with E-state index in [0.29, 0.717) is 17.1 Å². The van der Waals surface area contributed by atoms with Gasteiger partial charge in [0.15, 0.2) is 11.5 Å². The van der Waals surface area contributed by atoms with Gasteiger partial charge in [0.2, 0.25) is 0 Å². The highest BCUT2D eigenvalue weighted by Gasteiger charge is 2.17. The van der Waals surface area contributed by atoms with Crippen LogP contribution in [0.2, 0.25) is 0 Å². The summed E-state index contributed by atoms with van der Waals surface area (Å²) in [6, 6.07) is 8.67. The van der Waals surface area contributed by atoms with Crippen molar-refractivity contribution in [2.24, 2.45) is 0 Å². The number of hydrogen-bond donors (Lipinski definition) is 0. The van der Waals surface area contributed by atoms with E-state index >= 15 is 0 Å². The fourth-order valence-electron chi connectivity index (χ4n) is 2.27. The molecule has 2 rings (SSSR count). The maximum absolute atomic E-state index is 13.4. The zero-order valence-corrected chi connectivity index (χ0v) is 13.3. The number of alkyl halides is 1. The van der Waals surface area contributed by atoms with Crippen LogP contribution in [0.1, 0.15) is 27.6 Å². The minimum absolute atomic E-state index is 0.230. The van der Waals surface area contributed by atoms with Gasteiger partial charge in [0.05, 0.1) is 19.6 Å². The molecule has 21 heavy (non-hydrogen) atoms. The van der Waals surface area contributed by atoms with E-state index in [2.05, 4.69) is 0 Å². The second-order valence-electron chi connectivity index (χ2n) is 4.93. The van der Waals surface area contributed by atoms with Gasteiger partial charge in [0, 0.05) is 0 Å². The number of methoxy groups -OCH3 is 2. The Morgan fingerprint density at radius 3 is 2.14 bits per heavy atom. The third-order valence-electron chi connectivity index (χ3n) is 3.52. The lowest BCUT2D eigenvalue weighted by molar-refractivity contribution is 0.354. The van der Waals surface area contributed by atoms with Crippen LogP contribution in [-0.2, 0) is 0 Å². The number of aryl methyl sites for hydroxylation is 2. The molecular weight excluding hydrogens is 291 g/mol. The van der Waals surface area contributed by atoms with Crippen molar-refractivity contribution < 1.29 is 13.9 Å². The van der Waals surface area contributed by atoms with Gasteiger partial charge in [-0.05, 0) is 54.3 Å². The zero-order valence-electron chi connectivity index (χ0n) is 12.5. The summed E-state index contributed by atoms with van der Waals surface area (Å²) < 4.78 is 24.0. The van der Waals surface area contributed by atoms with Gasteiger partial charge in [-0.1, -0.05) is 12.1 Å². The Hall–Kier alpha value is -1.74. The molecular formula is C17H18ClFO2. The molecule has 4 heteroatoms. The summed E-state index contributed by atoms with van der Waals surface area (Å²) in [5.41, 5.74) is 3.34. The van der Waals surface area contributed by atoms with Crippen LogP contribution in [-0.4, -0.2) is 14.2 Å². The number of benzene rings is 2. The molecule has 0 amide bonds. The van der Waals surface area contributed by atoms with Crippen molar-refractivity contribution in [2.75, 3.05) is 14.2 Å². The van der Waals surface area contributed by atoms with E-state index in [4.69, 9.17) is 21.1 Å². The molecule has 0 aliphatic heterocycles. The highest BCUT2D eigenvalue weighted by molar-refractivity contribution is 6.22. The molecule has 0 radical (unpaired) electrons. The van der Waals surface area contributed by atoms with Crippen LogP contribution in [0.3, 0.4) is 0 Å². The van der Waals surface area contributed by atoms with Gasteiger partial charge in [0.25, 0.3) is 0 Å². The first kappa shape index (κ1) is 15.6. The fourth-order valence-corrected chi connectivity index (χ4v) is 2.65. The van der Waals surface area contributed by atoms with E-state index in [0.717, 1.165) is 16.7 Å². The lowest BCUT2D eigenvalue weighted by Crippen LogP contribution is -2.00. The molecule has 0 fully saturated rings. The first-order valence-electron chi connectivity index (χ1n) is 6.60. The summed E-state index contributed by atoms with van der Waals surface area (Å²) in [5.74, 6) is 1.06. The molecule has 0 saturated carbocycles. The number of halogens is 2. The summed E-state index contributed by atoms with van der Waals surface area (Å²) >= 11 is 6.57. The summed E-state index contributed by atoms with van der Waals surface area (Å²) in [6.07, 6.45) is 0. The Balaban J connectivity index is 2.47. The molecule has 0 N–H and O–H groups in total. The van der Waals surface area contributed by atoms with Crippen molar-refractivity contribution in [1.82, 2.24) is 0 Å². The standard InChI is InChI=1S/C17H18ClFO2/c1-10-8-15(20-3)16(21-4)9-13(10)17(18)12-5-6-14(19)11(2)7-12/h5-9,17H,1-4H3. The van der Waals surface area contributed by atoms with Gasteiger partial charge in [-0.25, -0.2) is 4.39 Å². The molecule has 0 aliphatic carbocycles. The SMILES string of the molecule is COc1cc(C)c(C(Cl)c2ccc(F)c(C)c2)cc1OC. The molecule has 112 valence electrons. The van der Waals surface area contributed by atoms with Gasteiger partial charge in [-0.2, -0.15) is 0 Å². The summed E-state index contributed by atoms with van der Waals surface area (Å²) in [4.78, 5) is 0. The van der Waals surface area contributed by atoms with Gasteiger partial charge in [-0.15, -0.1) is 11.6 Å². The van der Waals surface area contributed by atoms with E-state index < -0.39 is 0 Å². The van der Waals surface area contributed by atoms with Crippen LogP contribution in [0, 0.1) is 19.7 Å². The predicted molar refractivity (Wildman–Crippen MR) is 83.1 cm³/mol. The van der Waals surface area contributed by atoms with Crippen LogP contribution in [0.25, 0.3) is 0 Å². The molecule has 0 aromatic heterocycles. The van der Waals surface area contributed by atoms with E-state index in [-0.39, 0.29) is 11.2 Å². The molecule has 0 spiro atoms. The van der Waals surface area contributed by atoms with E-state index in [1.807, 2.05) is 19.1 Å². The maximum atomic E-state index is 13.4. The van der Waals surface area contributed by atoms with Crippen LogP contribution < -0.4 is 9.47 Å². The van der Waals surface area contributed by atoms with Crippen molar-refractivity contribution >= 4 is 11.6 Å². The average molecular weight is 309 g/mol. The second kappa shape index (κ2) is 6.35. The quantitative estimate of drug-likeness (QED) is 0.756. The molecule has 1 atom stereocenters. The topological polar surface area (TPSA) is 18.5 Å². The van der Waals surface area contributed by atoms with Gasteiger partial charge in [-0.3, -0.25) is 0 Å². The molecule has 0 saturated heterocycles. The van der Waals surface area contributed by atoms with Crippen molar-refractivity contribution in [1.29, 1.82) is 0 Å². The summed E-state index contributed by atoms with van der Waals surface area (Å²) in [7, 11) is 3.18. The Morgan fingerprint density at radius 1 is 0.952 bits per heavy atom. The van der Waals surface area contributed by atoms with Crippen LogP contribution in [0.15, 0.2) is 30.3 Å². The Kier molecular flexibility index (Phi) is 4.73. The summed E-state index contributed by atoms with van der Waals surface area (Å²) in [6.45, 7) is 3.69. The lowest BCUT2D eigenvalue weighted by Gasteiger charge is -2.17. The van der Waals surface area contributed by atoms with E-state index in [1.165, 1.54) is 6.07 Å². The largest absolute Gasteiger partial charge is 0.493 e. The van der Waals surface area contributed by atoms with Crippen molar-refractivity contribution in [2.45, 2.75) is 19.2 Å². The van der Waals surface area contributed by atoms with Crippen LogP contribution >= 0.6 is 11.6 Å². The third kappa shape index (κ3) is 3.13. The van der Waals surface area contributed by atoms with E-state index in [1.54, 1.807) is 33.3 Å². The van der Waals surface area contributed by atoms with Gasteiger partial charge in [0.1, 0.15) is 5.82 Å².